The summed E-state index contributed by atoms with van der Waals surface area (Å²) < 4.78 is 63.0. The van der Waals surface area contributed by atoms with Gasteiger partial charge < -0.3 is 60.9 Å². The smallest absolute Gasteiger partial charge is 0.442 e. The number of hydrogen-bond donors (Lipinski definition) is 8. The molecule has 1 aromatic rings. The Labute approximate surface area is 337 Å². The number of hydrogen-bond acceptors (Lipinski definition) is 14. The molecule has 1 aromatic carbocycles. The first-order chi connectivity index (χ1) is 27.8. The zero-order chi connectivity index (χ0) is 41.7. The van der Waals surface area contributed by atoms with Gasteiger partial charge in [0.2, 0.25) is 11.8 Å². The Bertz CT molecular complexity index is 1590. The summed E-state index contributed by atoms with van der Waals surface area (Å²) in [7, 11) is 0. The van der Waals surface area contributed by atoms with Crippen molar-refractivity contribution in [2.75, 3.05) is 65.0 Å². The second-order valence-electron chi connectivity index (χ2n) is 14.3. The van der Waals surface area contributed by atoms with E-state index in [0.29, 0.717) is 37.5 Å². The lowest BCUT2D eigenvalue weighted by Crippen LogP contribution is -2.40. The van der Waals surface area contributed by atoms with Gasteiger partial charge in [0.25, 0.3) is 5.91 Å². The number of ether oxygens (including phenoxy) is 4. The first kappa shape index (κ1) is 45.3. The number of carbonyl (C=O) groups is 4. The maximum Gasteiger partial charge on any atom is 0.442 e. The van der Waals surface area contributed by atoms with Gasteiger partial charge in [0.1, 0.15) is 36.8 Å². The highest BCUT2D eigenvalue weighted by Crippen LogP contribution is 2.53. The fraction of sp³-hybridized carbons (Fsp3) is 0.722. The monoisotopic (exact) mass is 847 g/mol. The third-order valence-corrected chi connectivity index (χ3v) is 11.6. The number of alkyl halides is 3. The van der Waals surface area contributed by atoms with Crippen molar-refractivity contribution in [2.24, 2.45) is 10.2 Å². The molecule has 8 N–H and O–H groups in total. The molecule has 4 aliphatic heterocycles. The van der Waals surface area contributed by atoms with Crippen LogP contribution in [0, 0.1) is 0 Å². The summed E-state index contributed by atoms with van der Waals surface area (Å²) in [4.78, 5) is 48.8. The highest BCUT2D eigenvalue weighted by Gasteiger charge is 2.65. The summed E-state index contributed by atoms with van der Waals surface area (Å²) in [5.74, 6) is -0.185. The van der Waals surface area contributed by atoms with E-state index in [2.05, 4.69) is 36.8 Å². The molecule has 0 radical (unpaired) electrons. The average Bonchev–Trinajstić information content (AvgIpc) is 3.74. The Hall–Kier alpha value is -3.80. The van der Waals surface area contributed by atoms with E-state index in [9.17, 15) is 47.7 Å². The number of unbranched alkanes of at least 4 members (excludes halogenated alkanes) is 2. The molecule has 0 spiro atoms. The van der Waals surface area contributed by atoms with E-state index in [0.717, 1.165) is 43.2 Å². The summed E-state index contributed by atoms with van der Waals surface area (Å²) in [5, 5.41) is 50.2. The molecule has 5 rings (SSSR count). The highest BCUT2D eigenvalue weighted by molar-refractivity contribution is 8.00. The zero-order valence-electron chi connectivity index (χ0n) is 31.8. The van der Waals surface area contributed by atoms with Crippen LogP contribution in [0.2, 0.25) is 0 Å². The molecule has 4 aliphatic rings. The minimum absolute atomic E-state index is 0.00595. The summed E-state index contributed by atoms with van der Waals surface area (Å²) >= 11 is 1.86. The minimum Gasteiger partial charge on any atom is -0.490 e. The summed E-state index contributed by atoms with van der Waals surface area (Å²) in [6, 6.07) is 3.49. The zero-order valence-corrected chi connectivity index (χ0v) is 32.7. The molecule has 18 nitrogen and oxygen atoms in total. The quantitative estimate of drug-likeness (QED) is 0.0499. The van der Waals surface area contributed by atoms with Crippen molar-refractivity contribution in [3.63, 3.8) is 0 Å². The van der Waals surface area contributed by atoms with E-state index in [1.807, 2.05) is 11.8 Å². The molecule has 7 atom stereocenters. The maximum absolute atomic E-state index is 13.7. The summed E-state index contributed by atoms with van der Waals surface area (Å²) in [6.07, 6.45) is -4.94. The van der Waals surface area contributed by atoms with Crippen LogP contribution < -0.4 is 31.3 Å². The number of fused-ring (bicyclic) bond motifs is 1. The molecule has 58 heavy (non-hydrogen) atoms. The van der Waals surface area contributed by atoms with Crippen molar-refractivity contribution in [3.05, 3.63) is 29.3 Å². The van der Waals surface area contributed by atoms with Gasteiger partial charge in [0, 0.05) is 49.0 Å². The number of carbonyl (C=O) groups excluding carboxylic acids is 4. The van der Waals surface area contributed by atoms with E-state index in [1.165, 1.54) is 0 Å². The molecule has 0 saturated carbocycles. The number of aliphatic hydroxyl groups excluding tert-OH is 3. The number of nitrogens with one attached hydrogen (secondary N) is 5. The average molecular weight is 848 g/mol. The van der Waals surface area contributed by atoms with Crippen LogP contribution in [0.25, 0.3) is 0 Å². The van der Waals surface area contributed by atoms with Gasteiger partial charge in [0.15, 0.2) is 0 Å². The summed E-state index contributed by atoms with van der Waals surface area (Å²) in [6.45, 7) is 0.376. The van der Waals surface area contributed by atoms with Crippen molar-refractivity contribution in [2.45, 2.75) is 98.5 Å². The number of rotatable bonds is 25. The first-order valence-electron chi connectivity index (χ1n) is 19.4. The number of nitrogens with zero attached hydrogens (tertiary/aromatic N) is 2. The van der Waals surface area contributed by atoms with Crippen molar-refractivity contribution in [1.29, 1.82) is 0 Å². The fourth-order valence-electron chi connectivity index (χ4n) is 6.81. The molecule has 0 aliphatic carbocycles. The second-order valence-corrected chi connectivity index (χ2v) is 15.5. The lowest BCUT2D eigenvalue weighted by molar-refractivity contribution is -0.166. The van der Waals surface area contributed by atoms with Gasteiger partial charge in [-0.3, -0.25) is 14.4 Å². The van der Waals surface area contributed by atoms with Crippen molar-refractivity contribution >= 4 is 35.5 Å². The van der Waals surface area contributed by atoms with E-state index >= 15 is 0 Å². The van der Waals surface area contributed by atoms with E-state index in [-0.39, 0.29) is 92.9 Å². The Morgan fingerprint density at radius 2 is 1.57 bits per heavy atom. The van der Waals surface area contributed by atoms with Crippen molar-refractivity contribution in [1.82, 2.24) is 26.6 Å². The highest BCUT2D eigenvalue weighted by atomic mass is 32.2. The van der Waals surface area contributed by atoms with Crippen LogP contribution in [0.5, 0.6) is 5.75 Å². The Morgan fingerprint density at radius 1 is 0.897 bits per heavy atom. The van der Waals surface area contributed by atoms with Crippen LogP contribution in [-0.4, -0.2) is 152 Å². The largest absolute Gasteiger partial charge is 0.490 e. The van der Waals surface area contributed by atoms with Crippen LogP contribution in [0.3, 0.4) is 0 Å². The van der Waals surface area contributed by atoms with Crippen LogP contribution in [0.4, 0.5) is 18.0 Å². The van der Waals surface area contributed by atoms with Gasteiger partial charge in [-0.05, 0) is 37.8 Å². The third kappa shape index (κ3) is 12.4. The van der Waals surface area contributed by atoms with Gasteiger partial charge in [-0.1, -0.05) is 12.5 Å². The van der Waals surface area contributed by atoms with Gasteiger partial charge in [0.05, 0.1) is 50.7 Å². The molecular formula is C36H52F3N7O11S. The van der Waals surface area contributed by atoms with E-state index < -0.39 is 48.8 Å². The fourth-order valence-corrected chi connectivity index (χ4v) is 8.35. The topological polar surface area (TPSA) is 251 Å². The maximum atomic E-state index is 13.7. The van der Waals surface area contributed by atoms with E-state index in [1.54, 1.807) is 0 Å². The summed E-state index contributed by atoms with van der Waals surface area (Å²) in [5.41, 5.74) is -3.22. The van der Waals surface area contributed by atoms with Gasteiger partial charge >= 0.3 is 17.9 Å². The normalized spacial score (nSPS) is 25.5. The number of benzene rings is 1. The first-order valence-corrected chi connectivity index (χ1v) is 20.4. The second kappa shape index (κ2) is 21.5. The van der Waals surface area contributed by atoms with Crippen LogP contribution in [0.1, 0.15) is 60.9 Å². The minimum atomic E-state index is -4.81. The molecular weight excluding hydrogens is 795 g/mol. The van der Waals surface area contributed by atoms with Crippen molar-refractivity contribution in [3.8, 4) is 5.75 Å². The van der Waals surface area contributed by atoms with Crippen molar-refractivity contribution < 1.29 is 66.6 Å². The Kier molecular flexibility index (Phi) is 16.8. The molecule has 22 heteroatoms. The SMILES string of the molecule is O=C(CCCC[C@@H]1SCC2NC(=O)NC21)NCCCCC(=O)NCCOCCOCCOc1cc(C2(C(F)(F)F)N=N2)ccc1C(=O)NC[C@H]1O[C@H](CO)[C@@H](O)[C@@H]1O. The third-order valence-electron chi connectivity index (χ3n) is 10.1. The van der Waals surface area contributed by atoms with Gasteiger partial charge in [-0.2, -0.15) is 24.9 Å². The van der Waals surface area contributed by atoms with Crippen LogP contribution in [-0.2, 0) is 29.5 Å². The van der Waals surface area contributed by atoms with Crippen LogP contribution >= 0.6 is 11.8 Å². The molecule has 324 valence electrons. The van der Waals surface area contributed by atoms with Gasteiger partial charge in [-0.25, -0.2) is 4.79 Å². The number of aliphatic hydroxyl groups is 3. The predicted molar refractivity (Wildman–Crippen MR) is 200 cm³/mol. The predicted octanol–water partition coefficient (Wildman–Crippen LogP) is 0.619. The number of amides is 5. The lowest BCUT2D eigenvalue weighted by Gasteiger charge is -2.19. The number of halogens is 3. The Balaban J connectivity index is 0.888. The lowest BCUT2D eigenvalue weighted by atomic mass is 10.00. The molecule has 4 heterocycles. The molecule has 0 bridgehead atoms. The number of thioether (sulfide) groups is 1. The van der Waals surface area contributed by atoms with Gasteiger partial charge in [-0.15, -0.1) is 10.2 Å². The number of urea groups is 1. The standard InChI is InChI=1S/C36H52F3N7O11S/c37-36(38,39)35(45-46-35)21-8-9-22(33(52)42-18-25-31(50)32(51)26(19-47)57-25)24(17-21)56-16-15-55-14-13-54-12-11-41-29(49)7-3-4-10-40-28(48)6-2-1-5-27-30-23(20-58-27)43-34(53)44-30/h8-9,17,23,25-27,30-32,47,50-51H,1-7,10-16,18-20H2,(H,40,48)(H,41,49)(H,42,52)(H2,43,44,53)/t23?,25-,26-,27+,30?,31-,32-/m1/s1. The molecule has 2 unspecified atom stereocenters. The molecule has 3 fully saturated rings. The van der Waals surface area contributed by atoms with E-state index in [4.69, 9.17) is 18.9 Å². The molecule has 5 amide bonds. The molecule has 3 saturated heterocycles. The Morgan fingerprint density at radius 3 is 2.26 bits per heavy atom. The van der Waals surface area contributed by atoms with Crippen LogP contribution in [0.15, 0.2) is 28.4 Å². The molecule has 0 aromatic heterocycles.